The average molecular weight is 197 g/mol. The Labute approximate surface area is 85.1 Å². The van der Waals surface area contributed by atoms with Gasteiger partial charge in [-0.25, -0.2) is 0 Å². The van der Waals surface area contributed by atoms with Crippen LogP contribution in [-0.2, 0) is 4.79 Å². The van der Waals surface area contributed by atoms with Crippen molar-refractivity contribution in [3.8, 4) is 0 Å². The Bertz CT molecular complexity index is 242. The lowest BCUT2D eigenvalue weighted by molar-refractivity contribution is -0.160. The largest absolute Gasteiger partial charge is 0.481 e. The van der Waals surface area contributed by atoms with Crippen LogP contribution in [0.25, 0.3) is 0 Å². The van der Waals surface area contributed by atoms with Gasteiger partial charge in [0.25, 0.3) is 0 Å². The van der Waals surface area contributed by atoms with Crippen LogP contribution in [0, 0.1) is 5.41 Å². The zero-order valence-corrected chi connectivity index (χ0v) is 8.99. The van der Waals surface area contributed by atoms with E-state index in [9.17, 15) is 9.90 Å². The van der Waals surface area contributed by atoms with Crippen molar-refractivity contribution in [2.45, 2.75) is 51.6 Å². The van der Waals surface area contributed by atoms with Gasteiger partial charge in [-0.05, 0) is 39.5 Å². The van der Waals surface area contributed by atoms with Crippen LogP contribution in [0.2, 0.25) is 0 Å². The van der Waals surface area contributed by atoms with Crippen LogP contribution in [0.1, 0.15) is 39.5 Å². The second-order valence-electron chi connectivity index (χ2n) is 5.08. The van der Waals surface area contributed by atoms with Gasteiger partial charge in [0.05, 0.1) is 5.41 Å². The van der Waals surface area contributed by atoms with Crippen LogP contribution in [0.5, 0.6) is 0 Å². The fourth-order valence-corrected chi connectivity index (χ4v) is 3.01. The first-order chi connectivity index (χ1) is 6.55. The van der Waals surface area contributed by atoms with Crippen LogP contribution in [-0.4, -0.2) is 34.6 Å². The Balaban J connectivity index is 2.19. The summed E-state index contributed by atoms with van der Waals surface area (Å²) in [6.07, 6.45) is 3.92. The van der Waals surface area contributed by atoms with E-state index in [1.807, 2.05) is 0 Å². The van der Waals surface area contributed by atoms with Crippen molar-refractivity contribution in [3.05, 3.63) is 0 Å². The first-order valence-corrected chi connectivity index (χ1v) is 5.54. The minimum Gasteiger partial charge on any atom is -0.481 e. The van der Waals surface area contributed by atoms with Crippen molar-refractivity contribution in [2.75, 3.05) is 6.54 Å². The summed E-state index contributed by atoms with van der Waals surface area (Å²) in [7, 11) is 0. The molecule has 0 radical (unpaired) electrons. The molecular formula is C11H19NO2. The lowest BCUT2D eigenvalue weighted by Crippen LogP contribution is -2.58. The second-order valence-corrected chi connectivity index (χ2v) is 5.08. The minimum absolute atomic E-state index is 0.418. The summed E-state index contributed by atoms with van der Waals surface area (Å²) in [5.41, 5.74) is -0.418. The highest BCUT2D eigenvalue weighted by molar-refractivity contribution is 5.75. The molecule has 0 atom stereocenters. The number of rotatable bonds is 2. The maximum atomic E-state index is 11.3. The third kappa shape index (κ3) is 1.34. The molecule has 80 valence electrons. The molecule has 1 saturated carbocycles. The SMILES string of the molecule is CC(C)N1CC2(C(=O)O)CCC1CC2. The van der Waals surface area contributed by atoms with Crippen molar-refractivity contribution in [2.24, 2.45) is 5.41 Å². The number of carboxylic acid groups (broad SMARTS) is 1. The molecule has 0 unspecified atom stereocenters. The predicted molar refractivity (Wildman–Crippen MR) is 54.2 cm³/mol. The number of carboxylic acids is 1. The number of hydrogen-bond acceptors (Lipinski definition) is 2. The number of nitrogens with zero attached hydrogens (tertiary/aromatic N) is 1. The highest BCUT2D eigenvalue weighted by atomic mass is 16.4. The second kappa shape index (κ2) is 3.23. The highest BCUT2D eigenvalue weighted by Crippen LogP contribution is 2.45. The average Bonchev–Trinajstić information content (AvgIpc) is 2.19. The molecule has 2 saturated heterocycles. The molecule has 3 aliphatic rings. The monoisotopic (exact) mass is 197 g/mol. The molecule has 1 N–H and O–H groups in total. The zero-order chi connectivity index (χ0) is 10.3. The van der Waals surface area contributed by atoms with E-state index in [4.69, 9.17) is 0 Å². The third-order valence-electron chi connectivity index (χ3n) is 3.98. The number of carbonyl (C=O) groups is 1. The summed E-state index contributed by atoms with van der Waals surface area (Å²) in [6, 6.07) is 1.13. The molecule has 3 rings (SSSR count). The summed E-state index contributed by atoms with van der Waals surface area (Å²) in [5, 5.41) is 9.29. The van der Waals surface area contributed by atoms with Gasteiger partial charge in [0.2, 0.25) is 0 Å². The van der Waals surface area contributed by atoms with Crippen molar-refractivity contribution in [3.63, 3.8) is 0 Å². The van der Waals surface area contributed by atoms with Crippen LogP contribution < -0.4 is 0 Å². The molecule has 0 amide bonds. The van der Waals surface area contributed by atoms with Gasteiger partial charge in [-0.2, -0.15) is 0 Å². The van der Waals surface area contributed by atoms with Crippen LogP contribution >= 0.6 is 0 Å². The standard InChI is InChI=1S/C11H19NO2/c1-8(2)12-7-11(10(13)14)5-3-9(12)4-6-11/h8-9H,3-7H2,1-2H3,(H,13,14). The van der Waals surface area contributed by atoms with Crippen molar-refractivity contribution < 1.29 is 9.90 Å². The summed E-state index contributed by atoms with van der Waals surface area (Å²) in [4.78, 5) is 13.6. The highest BCUT2D eigenvalue weighted by Gasteiger charge is 2.49. The summed E-state index contributed by atoms with van der Waals surface area (Å²) < 4.78 is 0. The van der Waals surface area contributed by atoms with Gasteiger partial charge in [-0.15, -0.1) is 0 Å². The Morgan fingerprint density at radius 1 is 1.43 bits per heavy atom. The van der Waals surface area contributed by atoms with Gasteiger partial charge in [0.1, 0.15) is 0 Å². The molecule has 14 heavy (non-hydrogen) atoms. The van der Waals surface area contributed by atoms with Gasteiger partial charge in [0, 0.05) is 18.6 Å². The Morgan fingerprint density at radius 2 is 2.00 bits per heavy atom. The molecular weight excluding hydrogens is 178 g/mol. The van der Waals surface area contributed by atoms with Crippen LogP contribution in [0.4, 0.5) is 0 Å². The molecule has 1 aliphatic carbocycles. The topological polar surface area (TPSA) is 40.5 Å². The number of hydrogen-bond donors (Lipinski definition) is 1. The van der Waals surface area contributed by atoms with Gasteiger partial charge in [0.15, 0.2) is 0 Å². The number of fused-ring (bicyclic) bond motifs is 3. The van der Waals surface area contributed by atoms with E-state index >= 15 is 0 Å². The fraction of sp³-hybridized carbons (Fsp3) is 0.909. The van der Waals surface area contributed by atoms with Crippen molar-refractivity contribution in [1.82, 2.24) is 4.90 Å². The minimum atomic E-state index is -0.582. The molecule has 2 bridgehead atoms. The van der Waals surface area contributed by atoms with Crippen LogP contribution in [0.15, 0.2) is 0 Å². The fourth-order valence-electron chi connectivity index (χ4n) is 3.01. The summed E-state index contributed by atoms with van der Waals surface area (Å²) in [5.74, 6) is -0.582. The maximum Gasteiger partial charge on any atom is 0.310 e. The number of aliphatic carboxylic acids is 1. The van der Waals surface area contributed by atoms with E-state index in [-0.39, 0.29) is 0 Å². The Kier molecular flexibility index (Phi) is 2.30. The van der Waals surface area contributed by atoms with Gasteiger partial charge in [-0.3, -0.25) is 9.69 Å². The lowest BCUT2D eigenvalue weighted by Gasteiger charge is -2.52. The van der Waals surface area contributed by atoms with E-state index in [0.717, 1.165) is 32.2 Å². The summed E-state index contributed by atoms with van der Waals surface area (Å²) >= 11 is 0. The zero-order valence-electron chi connectivity index (χ0n) is 8.99. The molecule has 0 aromatic heterocycles. The maximum absolute atomic E-state index is 11.3. The van der Waals surface area contributed by atoms with E-state index in [1.54, 1.807) is 0 Å². The quantitative estimate of drug-likeness (QED) is 0.732. The molecule has 2 aliphatic heterocycles. The molecule has 3 fully saturated rings. The van der Waals surface area contributed by atoms with Crippen LogP contribution in [0.3, 0.4) is 0 Å². The molecule has 3 nitrogen and oxygen atoms in total. The molecule has 3 heteroatoms. The van der Waals surface area contributed by atoms with Crippen molar-refractivity contribution >= 4 is 5.97 Å². The normalized spacial score (nSPS) is 37.8. The first kappa shape index (κ1) is 9.97. The third-order valence-corrected chi connectivity index (χ3v) is 3.98. The smallest absolute Gasteiger partial charge is 0.310 e. The van der Waals surface area contributed by atoms with E-state index in [1.165, 1.54) is 0 Å². The van der Waals surface area contributed by atoms with E-state index in [0.29, 0.717) is 12.1 Å². The van der Waals surface area contributed by atoms with E-state index in [2.05, 4.69) is 18.7 Å². The Morgan fingerprint density at radius 3 is 2.43 bits per heavy atom. The molecule has 0 aromatic rings. The Hall–Kier alpha value is -0.570. The first-order valence-electron chi connectivity index (χ1n) is 5.54. The van der Waals surface area contributed by atoms with Crippen molar-refractivity contribution in [1.29, 1.82) is 0 Å². The predicted octanol–water partition coefficient (Wildman–Crippen LogP) is 1.72. The molecule has 0 aromatic carbocycles. The molecule has 0 spiro atoms. The number of piperidine rings is 2. The lowest BCUT2D eigenvalue weighted by atomic mass is 9.67. The summed E-state index contributed by atoms with van der Waals surface area (Å²) in [6.45, 7) is 5.09. The van der Waals surface area contributed by atoms with Gasteiger partial charge < -0.3 is 5.11 Å². The van der Waals surface area contributed by atoms with Gasteiger partial charge >= 0.3 is 5.97 Å². The van der Waals surface area contributed by atoms with Gasteiger partial charge in [-0.1, -0.05) is 0 Å². The van der Waals surface area contributed by atoms with E-state index < -0.39 is 11.4 Å². The molecule has 2 heterocycles.